The Balaban J connectivity index is 1.34. The van der Waals surface area contributed by atoms with Gasteiger partial charge in [0.05, 0.1) is 40.6 Å². The number of rotatable bonds is 6. The van der Waals surface area contributed by atoms with Gasteiger partial charge in [0.25, 0.3) is 5.91 Å². The van der Waals surface area contributed by atoms with Gasteiger partial charge in [-0.1, -0.05) is 40.6 Å². The van der Waals surface area contributed by atoms with Crippen LogP contribution in [0.25, 0.3) is 10.2 Å². The first-order chi connectivity index (χ1) is 15.0. The first-order valence-electron chi connectivity index (χ1n) is 9.70. The van der Waals surface area contributed by atoms with Gasteiger partial charge in [-0.15, -0.1) is 0 Å². The normalized spacial score (nSPS) is 14.5. The molecular weight excluding hydrogens is 459 g/mol. The maximum atomic E-state index is 12.3. The standard InChI is InChI=1S/C21H20Cl2N4O3S/c22-14-2-3-15(16(23)10-14)20(29)24-11-19(28)26-21-25-17-4-1-13(9-18(17)31-21)12-27-5-7-30-8-6-27/h1-4,9-10H,5-8,11-12H2,(H,24,29)(H,25,26,28). The molecule has 1 aliphatic rings. The second-order valence-electron chi connectivity index (χ2n) is 7.06. The van der Waals surface area contributed by atoms with Gasteiger partial charge in [-0.3, -0.25) is 14.5 Å². The molecule has 3 aromatic rings. The van der Waals surface area contributed by atoms with Gasteiger partial charge in [0, 0.05) is 24.7 Å². The Labute approximate surface area is 193 Å². The first kappa shape index (κ1) is 22.0. The number of carbonyl (C=O) groups excluding carboxylic acids is 2. The molecule has 1 aliphatic heterocycles. The van der Waals surface area contributed by atoms with Crippen LogP contribution < -0.4 is 10.6 Å². The second-order valence-corrected chi connectivity index (χ2v) is 8.94. The lowest BCUT2D eigenvalue weighted by molar-refractivity contribution is -0.115. The monoisotopic (exact) mass is 478 g/mol. The van der Waals surface area contributed by atoms with E-state index in [9.17, 15) is 9.59 Å². The third-order valence-electron chi connectivity index (χ3n) is 4.79. The van der Waals surface area contributed by atoms with Crippen LogP contribution in [0.1, 0.15) is 15.9 Å². The molecule has 10 heteroatoms. The fourth-order valence-electron chi connectivity index (χ4n) is 3.23. The number of fused-ring (bicyclic) bond motifs is 1. The van der Waals surface area contributed by atoms with Crippen molar-refractivity contribution in [2.75, 3.05) is 38.2 Å². The first-order valence-corrected chi connectivity index (χ1v) is 11.3. The number of amides is 2. The summed E-state index contributed by atoms with van der Waals surface area (Å²) >= 11 is 13.3. The van der Waals surface area contributed by atoms with Crippen LogP contribution in [0.3, 0.4) is 0 Å². The summed E-state index contributed by atoms with van der Waals surface area (Å²) in [5.41, 5.74) is 2.28. The predicted molar refractivity (Wildman–Crippen MR) is 123 cm³/mol. The third kappa shape index (κ3) is 5.72. The van der Waals surface area contributed by atoms with E-state index >= 15 is 0 Å². The number of morpholine rings is 1. The van der Waals surface area contributed by atoms with E-state index in [0.717, 1.165) is 43.1 Å². The molecule has 0 saturated carbocycles. The molecule has 0 atom stereocenters. The van der Waals surface area contributed by atoms with E-state index in [0.29, 0.717) is 10.2 Å². The molecule has 2 heterocycles. The van der Waals surface area contributed by atoms with E-state index in [4.69, 9.17) is 27.9 Å². The van der Waals surface area contributed by atoms with E-state index < -0.39 is 5.91 Å². The second kappa shape index (κ2) is 9.93. The third-order valence-corrected chi connectivity index (χ3v) is 6.28. The molecule has 0 aliphatic carbocycles. The molecule has 2 N–H and O–H groups in total. The van der Waals surface area contributed by atoms with Gasteiger partial charge in [0.2, 0.25) is 5.91 Å². The highest BCUT2D eigenvalue weighted by Crippen LogP contribution is 2.27. The highest BCUT2D eigenvalue weighted by atomic mass is 35.5. The van der Waals surface area contributed by atoms with E-state index in [-0.39, 0.29) is 23.0 Å². The summed E-state index contributed by atoms with van der Waals surface area (Å²) in [5.74, 6) is -0.820. The summed E-state index contributed by atoms with van der Waals surface area (Å²) in [6.07, 6.45) is 0. The fourth-order valence-corrected chi connectivity index (χ4v) is 4.67. The number of halogens is 2. The Bertz CT molecular complexity index is 1120. The molecule has 162 valence electrons. The number of hydrogen-bond acceptors (Lipinski definition) is 6. The lowest BCUT2D eigenvalue weighted by Gasteiger charge is -2.26. The van der Waals surface area contributed by atoms with Gasteiger partial charge >= 0.3 is 0 Å². The Kier molecular flexibility index (Phi) is 7.04. The summed E-state index contributed by atoms with van der Waals surface area (Å²) in [7, 11) is 0. The van der Waals surface area contributed by atoms with E-state index in [1.54, 1.807) is 6.07 Å². The van der Waals surface area contributed by atoms with Crippen LogP contribution in [0, 0.1) is 0 Å². The van der Waals surface area contributed by atoms with Crippen molar-refractivity contribution in [3.63, 3.8) is 0 Å². The molecule has 4 rings (SSSR count). The van der Waals surface area contributed by atoms with Crippen molar-refractivity contribution in [1.29, 1.82) is 0 Å². The smallest absolute Gasteiger partial charge is 0.253 e. The number of benzene rings is 2. The van der Waals surface area contributed by atoms with Crippen LogP contribution >= 0.6 is 34.5 Å². The topological polar surface area (TPSA) is 83.6 Å². The number of carbonyl (C=O) groups is 2. The largest absolute Gasteiger partial charge is 0.379 e. The number of ether oxygens (including phenoxy) is 1. The average Bonchev–Trinajstić information content (AvgIpc) is 3.14. The summed E-state index contributed by atoms with van der Waals surface area (Å²) in [4.78, 5) is 31.3. The molecule has 1 aromatic heterocycles. The van der Waals surface area contributed by atoms with Crippen molar-refractivity contribution in [2.24, 2.45) is 0 Å². The lowest BCUT2D eigenvalue weighted by atomic mass is 10.2. The number of thiazole rings is 1. The highest BCUT2D eigenvalue weighted by Gasteiger charge is 2.15. The molecule has 1 fully saturated rings. The Hall–Kier alpha value is -2.23. The molecule has 7 nitrogen and oxygen atoms in total. The van der Waals surface area contributed by atoms with Gasteiger partial charge < -0.3 is 15.4 Å². The average molecular weight is 479 g/mol. The summed E-state index contributed by atoms with van der Waals surface area (Å²) in [6.45, 7) is 4.04. The van der Waals surface area contributed by atoms with Crippen LogP contribution in [-0.2, 0) is 16.1 Å². The molecule has 0 unspecified atom stereocenters. The van der Waals surface area contributed by atoms with Gasteiger partial charge in [-0.05, 0) is 35.9 Å². The van der Waals surface area contributed by atoms with Gasteiger partial charge in [0.1, 0.15) is 0 Å². The maximum Gasteiger partial charge on any atom is 0.253 e. The lowest BCUT2D eigenvalue weighted by Crippen LogP contribution is -2.35. The number of aromatic nitrogens is 1. The van der Waals surface area contributed by atoms with Gasteiger partial charge in [0.15, 0.2) is 5.13 Å². The maximum absolute atomic E-state index is 12.3. The Morgan fingerprint density at radius 3 is 2.71 bits per heavy atom. The Morgan fingerprint density at radius 2 is 1.94 bits per heavy atom. The van der Waals surface area contributed by atoms with Crippen LogP contribution in [0.15, 0.2) is 36.4 Å². The van der Waals surface area contributed by atoms with Crippen molar-refractivity contribution in [3.8, 4) is 0 Å². The van der Waals surface area contributed by atoms with Crippen molar-refractivity contribution < 1.29 is 14.3 Å². The molecule has 31 heavy (non-hydrogen) atoms. The van der Waals surface area contributed by atoms with Crippen LogP contribution in [0.2, 0.25) is 10.0 Å². The molecule has 2 aromatic carbocycles. The molecule has 0 bridgehead atoms. The molecular formula is C21H20Cl2N4O3S. The van der Waals surface area contributed by atoms with E-state index in [2.05, 4.69) is 32.7 Å². The minimum Gasteiger partial charge on any atom is -0.379 e. The number of nitrogens with zero attached hydrogens (tertiary/aromatic N) is 2. The SMILES string of the molecule is O=C(CNC(=O)c1ccc(Cl)cc1Cl)Nc1nc2ccc(CN3CCOCC3)cc2s1. The van der Waals surface area contributed by atoms with Crippen LogP contribution in [-0.4, -0.2) is 54.5 Å². The number of nitrogens with one attached hydrogen (secondary N) is 2. The van der Waals surface area contributed by atoms with Crippen molar-refractivity contribution in [3.05, 3.63) is 57.6 Å². The number of anilines is 1. The van der Waals surface area contributed by atoms with Gasteiger partial charge in [-0.25, -0.2) is 4.98 Å². The minimum absolute atomic E-state index is 0.198. The zero-order valence-corrected chi connectivity index (χ0v) is 18.8. The zero-order valence-electron chi connectivity index (χ0n) is 16.5. The molecule has 0 spiro atoms. The highest BCUT2D eigenvalue weighted by molar-refractivity contribution is 7.22. The molecule has 0 radical (unpaired) electrons. The van der Waals surface area contributed by atoms with E-state index in [1.165, 1.54) is 29.0 Å². The number of hydrogen-bond donors (Lipinski definition) is 2. The van der Waals surface area contributed by atoms with Crippen LogP contribution in [0.4, 0.5) is 5.13 Å². The molecule has 2 amide bonds. The van der Waals surface area contributed by atoms with Crippen molar-refractivity contribution >= 4 is 61.7 Å². The van der Waals surface area contributed by atoms with E-state index in [1.807, 2.05) is 6.07 Å². The molecule has 1 saturated heterocycles. The quantitative estimate of drug-likeness (QED) is 0.562. The van der Waals surface area contributed by atoms with Crippen molar-refractivity contribution in [1.82, 2.24) is 15.2 Å². The summed E-state index contributed by atoms with van der Waals surface area (Å²) in [6, 6.07) is 10.7. The van der Waals surface area contributed by atoms with Gasteiger partial charge in [-0.2, -0.15) is 0 Å². The predicted octanol–water partition coefficient (Wildman–Crippen LogP) is 3.80. The fraction of sp³-hybridized carbons (Fsp3) is 0.286. The summed E-state index contributed by atoms with van der Waals surface area (Å²) < 4.78 is 6.39. The summed E-state index contributed by atoms with van der Waals surface area (Å²) in [5, 5.41) is 6.43. The minimum atomic E-state index is -0.450. The Morgan fingerprint density at radius 1 is 1.13 bits per heavy atom. The van der Waals surface area contributed by atoms with Crippen LogP contribution in [0.5, 0.6) is 0 Å². The van der Waals surface area contributed by atoms with Crippen molar-refractivity contribution in [2.45, 2.75) is 6.54 Å². The zero-order chi connectivity index (χ0) is 21.8.